The van der Waals surface area contributed by atoms with Crippen molar-refractivity contribution >= 4 is 11.3 Å². The molecule has 1 saturated heterocycles. The molecule has 4 nitrogen and oxygen atoms in total. The normalized spacial score (nSPS) is 19.0. The average molecular weight is 375 g/mol. The fraction of sp³-hybridized carbons (Fsp3) is 0.524. The van der Waals surface area contributed by atoms with Gasteiger partial charge in [0.2, 0.25) is 0 Å². The van der Waals surface area contributed by atoms with Gasteiger partial charge >= 0.3 is 0 Å². The second kappa shape index (κ2) is 9.51. The highest BCUT2D eigenvalue weighted by Crippen LogP contribution is 2.22. The van der Waals surface area contributed by atoms with Crippen molar-refractivity contribution in [2.24, 2.45) is 0 Å². The molecular weight excluding hydrogens is 344 g/mol. The summed E-state index contributed by atoms with van der Waals surface area (Å²) in [5.41, 5.74) is 1.30. The summed E-state index contributed by atoms with van der Waals surface area (Å²) < 4.78 is 5.53. The summed E-state index contributed by atoms with van der Waals surface area (Å²) in [6, 6.07) is 13.3. The van der Waals surface area contributed by atoms with E-state index in [4.69, 9.17) is 4.74 Å². The highest BCUT2D eigenvalue weighted by atomic mass is 32.1. The van der Waals surface area contributed by atoms with Gasteiger partial charge < -0.3 is 9.84 Å². The number of ether oxygens (including phenoxy) is 1. The van der Waals surface area contributed by atoms with Gasteiger partial charge in [0.1, 0.15) is 5.75 Å². The van der Waals surface area contributed by atoms with Crippen molar-refractivity contribution in [1.82, 2.24) is 9.80 Å². The molecule has 3 rings (SSSR count). The maximum atomic E-state index is 9.52. The van der Waals surface area contributed by atoms with Crippen molar-refractivity contribution in [3.8, 4) is 5.75 Å². The number of aryl methyl sites for hydroxylation is 1. The quantitative estimate of drug-likeness (QED) is 0.767. The maximum Gasteiger partial charge on any atom is 0.119 e. The molecule has 1 fully saturated rings. The lowest BCUT2D eigenvalue weighted by Gasteiger charge is -2.41. The summed E-state index contributed by atoms with van der Waals surface area (Å²) in [6.07, 6.45) is 0.830. The number of aliphatic hydroxyl groups is 1. The Morgan fingerprint density at radius 3 is 2.58 bits per heavy atom. The number of thiophene rings is 1. The Kier molecular flexibility index (Phi) is 7.08. The van der Waals surface area contributed by atoms with Crippen molar-refractivity contribution in [2.75, 3.05) is 32.8 Å². The van der Waals surface area contributed by atoms with Crippen molar-refractivity contribution in [3.05, 3.63) is 51.7 Å². The lowest BCUT2D eigenvalue weighted by atomic mass is 10.1. The average Bonchev–Trinajstić information content (AvgIpc) is 3.04. The Hall–Kier alpha value is -1.40. The second-order valence-corrected chi connectivity index (χ2v) is 8.33. The maximum absolute atomic E-state index is 9.52. The van der Waals surface area contributed by atoms with Crippen LogP contribution in [0.15, 0.2) is 36.4 Å². The molecule has 0 saturated carbocycles. The highest BCUT2D eigenvalue weighted by Gasteiger charge is 2.26. The fourth-order valence-electron chi connectivity index (χ4n) is 3.61. The summed E-state index contributed by atoms with van der Waals surface area (Å²) in [5, 5.41) is 9.52. The van der Waals surface area contributed by atoms with E-state index in [1.165, 1.54) is 15.3 Å². The first kappa shape index (κ1) is 19.4. The predicted molar refractivity (Wildman–Crippen MR) is 108 cm³/mol. The van der Waals surface area contributed by atoms with Crippen molar-refractivity contribution < 1.29 is 9.84 Å². The van der Waals surface area contributed by atoms with Crippen molar-refractivity contribution in [1.29, 1.82) is 0 Å². The standard InChI is InChI=1S/C21H30N2O2S/c1-3-25-20-7-5-18(6-8-20)14-23-12-11-22(15-19(23)10-13-24)16-21-9-4-17(2)26-21/h4-9,19,24H,3,10-16H2,1-2H3. The first-order chi connectivity index (χ1) is 12.7. The largest absolute Gasteiger partial charge is 0.494 e. The van der Waals surface area contributed by atoms with E-state index in [0.29, 0.717) is 12.6 Å². The minimum absolute atomic E-state index is 0.246. The van der Waals surface area contributed by atoms with Crippen LogP contribution in [-0.4, -0.2) is 53.8 Å². The van der Waals surface area contributed by atoms with Crippen LogP contribution in [0, 0.1) is 6.92 Å². The summed E-state index contributed by atoms with van der Waals surface area (Å²) >= 11 is 1.89. The molecule has 0 amide bonds. The molecular formula is C21H30N2O2S. The molecule has 1 aromatic carbocycles. The van der Waals surface area contributed by atoms with Gasteiger partial charge in [-0.1, -0.05) is 12.1 Å². The number of benzene rings is 1. The third kappa shape index (κ3) is 5.30. The zero-order valence-electron chi connectivity index (χ0n) is 15.9. The predicted octanol–water partition coefficient (Wildman–Crippen LogP) is 3.52. The van der Waals surface area contributed by atoms with E-state index in [-0.39, 0.29) is 6.61 Å². The van der Waals surface area contributed by atoms with Crippen molar-refractivity contribution in [3.63, 3.8) is 0 Å². The molecule has 1 N–H and O–H groups in total. The van der Waals surface area contributed by atoms with E-state index < -0.39 is 0 Å². The van der Waals surface area contributed by atoms with Gasteiger partial charge in [-0.2, -0.15) is 0 Å². The van der Waals surface area contributed by atoms with E-state index in [0.717, 1.165) is 44.9 Å². The highest BCUT2D eigenvalue weighted by molar-refractivity contribution is 7.11. The van der Waals surface area contributed by atoms with Crippen LogP contribution in [0.1, 0.15) is 28.7 Å². The van der Waals surface area contributed by atoms with Gasteiger partial charge in [0.25, 0.3) is 0 Å². The monoisotopic (exact) mass is 374 g/mol. The van der Waals surface area contributed by atoms with Gasteiger partial charge in [-0.05, 0) is 50.1 Å². The van der Waals surface area contributed by atoms with E-state index in [1.807, 2.05) is 18.3 Å². The third-order valence-corrected chi connectivity index (χ3v) is 5.93. The van der Waals surface area contributed by atoms with E-state index in [1.54, 1.807) is 0 Å². The number of piperazine rings is 1. The molecule has 142 valence electrons. The molecule has 1 aliphatic heterocycles. The molecule has 1 atom stereocenters. The molecule has 5 heteroatoms. The van der Waals surface area contributed by atoms with Crippen LogP contribution in [0.5, 0.6) is 5.75 Å². The van der Waals surface area contributed by atoms with Crippen LogP contribution in [-0.2, 0) is 13.1 Å². The SMILES string of the molecule is CCOc1ccc(CN2CCN(Cc3ccc(C)s3)CC2CCO)cc1. The van der Waals surface area contributed by atoms with Gasteiger partial charge in [-0.15, -0.1) is 11.3 Å². The van der Waals surface area contributed by atoms with Gasteiger partial charge in [0, 0.05) is 55.1 Å². The van der Waals surface area contributed by atoms with Crippen LogP contribution < -0.4 is 4.74 Å². The fourth-order valence-corrected chi connectivity index (χ4v) is 4.55. The van der Waals surface area contributed by atoms with Crippen molar-refractivity contribution in [2.45, 2.75) is 39.4 Å². The molecule has 26 heavy (non-hydrogen) atoms. The first-order valence-corrected chi connectivity index (χ1v) is 10.3. The first-order valence-electron chi connectivity index (χ1n) is 9.52. The Balaban J connectivity index is 1.59. The molecule has 1 aromatic heterocycles. The Bertz CT molecular complexity index is 671. The van der Waals surface area contributed by atoms with E-state index in [9.17, 15) is 5.11 Å². The Labute approximate surface area is 161 Å². The van der Waals surface area contributed by atoms with Gasteiger partial charge in [0.15, 0.2) is 0 Å². The molecule has 0 bridgehead atoms. The minimum atomic E-state index is 0.246. The van der Waals surface area contributed by atoms with Gasteiger partial charge in [-0.3, -0.25) is 9.80 Å². The Morgan fingerprint density at radius 2 is 1.92 bits per heavy atom. The summed E-state index contributed by atoms with van der Waals surface area (Å²) in [7, 11) is 0. The molecule has 0 radical (unpaired) electrons. The van der Waals surface area contributed by atoms with E-state index in [2.05, 4.69) is 53.1 Å². The smallest absolute Gasteiger partial charge is 0.119 e. The zero-order valence-corrected chi connectivity index (χ0v) is 16.7. The molecule has 2 aromatic rings. The molecule has 2 heterocycles. The number of aliphatic hydroxyl groups excluding tert-OH is 1. The van der Waals surface area contributed by atoms with Gasteiger partial charge in [-0.25, -0.2) is 0 Å². The third-order valence-electron chi connectivity index (χ3n) is 4.95. The van der Waals surface area contributed by atoms with Crippen LogP contribution in [0.3, 0.4) is 0 Å². The van der Waals surface area contributed by atoms with Crippen LogP contribution in [0.4, 0.5) is 0 Å². The number of nitrogens with zero attached hydrogens (tertiary/aromatic N) is 2. The number of hydrogen-bond donors (Lipinski definition) is 1. The van der Waals surface area contributed by atoms with Gasteiger partial charge in [0.05, 0.1) is 6.61 Å². The van der Waals surface area contributed by atoms with Crippen LogP contribution in [0.2, 0.25) is 0 Å². The molecule has 1 aliphatic rings. The second-order valence-electron chi connectivity index (χ2n) is 6.96. The number of hydrogen-bond acceptors (Lipinski definition) is 5. The summed E-state index contributed by atoms with van der Waals surface area (Å²) in [5.74, 6) is 0.930. The lowest BCUT2D eigenvalue weighted by Crippen LogP contribution is -2.52. The van der Waals surface area contributed by atoms with Crippen LogP contribution >= 0.6 is 11.3 Å². The number of rotatable bonds is 8. The van der Waals surface area contributed by atoms with E-state index >= 15 is 0 Å². The summed E-state index contributed by atoms with van der Waals surface area (Å²) in [4.78, 5) is 7.86. The molecule has 1 unspecified atom stereocenters. The molecule has 0 spiro atoms. The minimum Gasteiger partial charge on any atom is -0.494 e. The van der Waals surface area contributed by atoms with Crippen LogP contribution in [0.25, 0.3) is 0 Å². The molecule has 0 aliphatic carbocycles. The summed E-state index contributed by atoms with van der Waals surface area (Å²) in [6.45, 7) is 10.2. The topological polar surface area (TPSA) is 35.9 Å². The Morgan fingerprint density at radius 1 is 1.12 bits per heavy atom. The zero-order chi connectivity index (χ0) is 18.4. The lowest BCUT2D eigenvalue weighted by molar-refractivity contribution is 0.0504.